The van der Waals surface area contributed by atoms with Gasteiger partial charge in [0.1, 0.15) is 16.9 Å². The summed E-state index contributed by atoms with van der Waals surface area (Å²) in [5.41, 5.74) is 4.94. The summed E-state index contributed by atoms with van der Waals surface area (Å²) in [4.78, 5) is 20.5. The quantitative estimate of drug-likeness (QED) is 0.562. The fraction of sp³-hybridized carbons (Fsp3) is 0.263. The van der Waals surface area contributed by atoms with Crippen molar-refractivity contribution in [2.75, 3.05) is 0 Å². The SMILES string of the molecule is CC(C)c1c(CCC(=O)O)c2nc3[nH]ncc3nc2n1-c1ccc(F)cc1. The van der Waals surface area contributed by atoms with E-state index in [-0.39, 0.29) is 18.2 Å². The van der Waals surface area contributed by atoms with Gasteiger partial charge in [0.2, 0.25) is 0 Å². The molecule has 138 valence electrons. The van der Waals surface area contributed by atoms with Crippen molar-refractivity contribution < 1.29 is 14.3 Å². The van der Waals surface area contributed by atoms with Crippen LogP contribution in [0, 0.1) is 5.82 Å². The molecule has 3 aromatic heterocycles. The van der Waals surface area contributed by atoms with Crippen molar-refractivity contribution in [2.45, 2.75) is 32.6 Å². The summed E-state index contributed by atoms with van der Waals surface area (Å²) in [5, 5.41) is 16.0. The van der Waals surface area contributed by atoms with E-state index in [2.05, 4.69) is 15.2 Å². The van der Waals surface area contributed by atoms with E-state index in [9.17, 15) is 9.18 Å². The second-order valence-corrected chi connectivity index (χ2v) is 6.72. The van der Waals surface area contributed by atoms with Crippen molar-refractivity contribution in [3.8, 4) is 5.69 Å². The van der Waals surface area contributed by atoms with Gasteiger partial charge in [-0.05, 0) is 36.6 Å². The molecule has 0 unspecified atom stereocenters. The number of aryl methyl sites for hydroxylation is 1. The monoisotopic (exact) mass is 367 g/mol. The second-order valence-electron chi connectivity index (χ2n) is 6.72. The van der Waals surface area contributed by atoms with E-state index in [1.807, 2.05) is 18.4 Å². The molecule has 0 amide bonds. The lowest BCUT2D eigenvalue weighted by molar-refractivity contribution is -0.136. The summed E-state index contributed by atoms with van der Waals surface area (Å²) >= 11 is 0. The molecule has 1 aromatic carbocycles. The van der Waals surface area contributed by atoms with E-state index in [1.54, 1.807) is 18.3 Å². The van der Waals surface area contributed by atoms with Crippen LogP contribution in [0.25, 0.3) is 28.0 Å². The van der Waals surface area contributed by atoms with Crippen molar-refractivity contribution in [1.82, 2.24) is 24.7 Å². The Morgan fingerprint density at radius 1 is 1.26 bits per heavy atom. The number of H-pyrrole nitrogens is 1. The summed E-state index contributed by atoms with van der Waals surface area (Å²) in [6.45, 7) is 4.07. The molecule has 0 atom stereocenters. The number of halogens is 1. The van der Waals surface area contributed by atoms with Gasteiger partial charge in [-0.3, -0.25) is 14.5 Å². The number of aromatic nitrogens is 5. The molecule has 0 aliphatic heterocycles. The first kappa shape index (κ1) is 17.1. The van der Waals surface area contributed by atoms with E-state index in [4.69, 9.17) is 10.1 Å². The largest absolute Gasteiger partial charge is 0.481 e. The van der Waals surface area contributed by atoms with Gasteiger partial charge in [-0.15, -0.1) is 0 Å². The average molecular weight is 367 g/mol. The van der Waals surface area contributed by atoms with Crippen LogP contribution in [0.1, 0.15) is 37.4 Å². The van der Waals surface area contributed by atoms with Gasteiger partial charge in [-0.25, -0.2) is 14.4 Å². The number of nitrogens with one attached hydrogen (secondary N) is 1. The van der Waals surface area contributed by atoms with E-state index < -0.39 is 5.97 Å². The molecule has 27 heavy (non-hydrogen) atoms. The predicted octanol–water partition coefficient (Wildman–Crippen LogP) is 3.58. The van der Waals surface area contributed by atoms with Crippen LogP contribution in [0.2, 0.25) is 0 Å². The van der Waals surface area contributed by atoms with Crippen LogP contribution >= 0.6 is 0 Å². The van der Waals surface area contributed by atoms with Crippen molar-refractivity contribution in [2.24, 2.45) is 0 Å². The van der Waals surface area contributed by atoms with Gasteiger partial charge < -0.3 is 5.11 Å². The molecule has 4 rings (SSSR count). The number of benzene rings is 1. The first-order valence-corrected chi connectivity index (χ1v) is 8.67. The summed E-state index contributed by atoms with van der Waals surface area (Å²) in [5.74, 6) is -1.11. The molecule has 0 aliphatic rings. The minimum atomic E-state index is -0.872. The molecular weight excluding hydrogens is 349 g/mol. The summed E-state index contributed by atoms with van der Waals surface area (Å²) in [6, 6.07) is 6.16. The number of carboxylic acid groups (broad SMARTS) is 1. The zero-order chi connectivity index (χ0) is 19.1. The average Bonchev–Trinajstić information content (AvgIpc) is 3.20. The highest BCUT2D eigenvalue weighted by molar-refractivity contribution is 5.88. The lowest BCUT2D eigenvalue weighted by Gasteiger charge is -2.14. The van der Waals surface area contributed by atoms with Gasteiger partial charge in [0.05, 0.1) is 6.20 Å². The lowest BCUT2D eigenvalue weighted by atomic mass is 10.0. The number of rotatable bonds is 5. The number of aliphatic carboxylic acids is 1. The molecule has 0 radical (unpaired) electrons. The molecule has 0 fully saturated rings. The Kier molecular flexibility index (Phi) is 4.10. The van der Waals surface area contributed by atoms with Gasteiger partial charge in [0, 0.05) is 23.4 Å². The first-order valence-electron chi connectivity index (χ1n) is 8.67. The van der Waals surface area contributed by atoms with Crippen LogP contribution in [-0.2, 0) is 11.2 Å². The maximum absolute atomic E-state index is 13.4. The number of nitrogens with zero attached hydrogens (tertiary/aromatic N) is 4. The first-order chi connectivity index (χ1) is 13.0. The third kappa shape index (κ3) is 2.92. The van der Waals surface area contributed by atoms with Crippen LogP contribution in [0.15, 0.2) is 30.5 Å². The summed E-state index contributed by atoms with van der Waals surface area (Å²) < 4.78 is 15.4. The highest BCUT2D eigenvalue weighted by Crippen LogP contribution is 2.34. The number of hydrogen-bond acceptors (Lipinski definition) is 4. The van der Waals surface area contributed by atoms with Crippen LogP contribution in [0.4, 0.5) is 4.39 Å². The van der Waals surface area contributed by atoms with Crippen LogP contribution < -0.4 is 0 Å². The zero-order valence-corrected chi connectivity index (χ0v) is 14.9. The van der Waals surface area contributed by atoms with Crippen LogP contribution in [0.5, 0.6) is 0 Å². The third-order valence-electron chi connectivity index (χ3n) is 4.53. The molecule has 0 saturated carbocycles. The van der Waals surface area contributed by atoms with E-state index in [0.717, 1.165) is 16.9 Å². The van der Waals surface area contributed by atoms with Gasteiger partial charge in [0.15, 0.2) is 11.3 Å². The number of carbonyl (C=O) groups is 1. The van der Waals surface area contributed by atoms with E-state index >= 15 is 0 Å². The molecule has 2 N–H and O–H groups in total. The van der Waals surface area contributed by atoms with Crippen molar-refractivity contribution in [3.05, 3.63) is 47.5 Å². The Balaban J connectivity index is 2.07. The number of aromatic amines is 1. The minimum absolute atomic E-state index is 0.00898. The van der Waals surface area contributed by atoms with Crippen molar-refractivity contribution in [1.29, 1.82) is 0 Å². The third-order valence-corrected chi connectivity index (χ3v) is 4.53. The fourth-order valence-electron chi connectivity index (χ4n) is 3.43. The molecular formula is C19H18FN5O2. The Hall–Kier alpha value is -3.29. The minimum Gasteiger partial charge on any atom is -0.481 e. The zero-order valence-electron chi connectivity index (χ0n) is 14.9. The van der Waals surface area contributed by atoms with Gasteiger partial charge in [0.25, 0.3) is 0 Å². The summed E-state index contributed by atoms with van der Waals surface area (Å²) in [7, 11) is 0. The summed E-state index contributed by atoms with van der Waals surface area (Å²) in [6.07, 6.45) is 1.92. The van der Waals surface area contributed by atoms with E-state index in [1.165, 1.54) is 12.1 Å². The normalized spacial score (nSPS) is 11.7. The molecule has 0 saturated heterocycles. The Morgan fingerprint density at radius 2 is 2.00 bits per heavy atom. The van der Waals surface area contributed by atoms with Crippen molar-refractivity contribution >= 4 is 28.3 Å². The van der Waals surface area contributed by atoms with Crippen LogP contribution in [0.3, 0.4) is 0 Å². The highest BCUT2D eigenvalue weighted by atomic mass is 19.1. The van der Waals surface area contributed by atoms with Gasteiger partial charge in [-0.1, -0.05) is 13.8 Å². The van der Waals surface area contributed by atoms with E-state index in [0.29, 0.717) is 28.7 Å². The predicted molar refractivity (Wildman–Crippen MR) is 98.5 cm³/mol. The number of hydrogen-bond donors (Lipinski definition) is 2. The number of carboxylic acids is 1. The Morgan fingerprint density at radius 3 is 2.67 bits per heavy atom. The van der Waals surface area contributed by atoms with Gasteiger partial charge in [-0.2, -0.15) is 5.10 Å². The topological polar surface area (TPSA) is 96.7 Å². The molecule has 0 bridgehead atoms. The van der Waals surface area contributed by atoms with Crippen molar-refractivity contribution in [3.63, 3.8) is 0 Å². The maximum Gasteiger partial charge on any atom is 0.303 e. The molecule has 0 spiro atoms. The van der Waals surface area contributed by atoms with Gasteiger partial charge >= 0.3 is 5.97 Å². The highest BCUT2D eigenvalue weighted by Gasteiger charge is 2.24. The molecule has 3 heterocycles. The molecule has 8 heteroatoms. The molecule has 7 nitrogen and oxygen atoms in total. The fourth-order valence-corrected chi connectivity index (χ4v) is 3.43. The maximum atomic E-state index is 13.4. The second kappa shape index (κ2) is 6.46. The van der Waals surface area contributed by atoms with Crippen LogP contribution in [-0.4, -0.2) is 35.8 Å². The standard InChI is InChI=1S/C19H18FN5O2/c1-10(2)17-13(7-8-15(26)27)16-19(22-14-9-21-24-18(14)23-16)25(17)12-5-3-11(20)4-6-12/h3-6,9-10H,7-8H2,1-2H3,(H,26,27)(H,21,23,24). The molecule has 4 aromatic rings. The number of fused-ring (bicyclic) bond motifs is 2. The Bertz CT molecular complexity index is 1140. The lowest BCUT2D eigenvalue weighted by Crippen LogP contribution is -2.06. The Labute approximate surface area is 153 Å². The molecule has 0 aliphatic carbocycles. The smallest absolute Gasteiger partial charge is 0.303 e.